The molecular weight excluding hydrogens is 349 g/mol. The predicted octanol–water partition coefficient (Wildman–Crippen LogP) is 3.93. The summed E-state index contributed by atoms with van der Waals surface area (Å²) in [5.74, 6) is 0.0231. The summed E-state index contributed by atoms with van der Waals surface area (Å²) in [5.41, 5.74) is 0.806. The Kier molecular flexibility index (Phi) is 5.28. The van der Waals surface area contributed by atoms with Gasteiger partial charge in [-0.15, -0.1) is 0 Å². The number of aromatic nitrogens is 2. The van der Waals surface area contributed by atoms with Crippen LogP contribution in [0.5, 0.6) is 11.6 Å². The summed E-state index contributed by atoms with van der Waals surface area (Å²) in [4.78, 5) is 8.32. The molecule has 0 saturated carbocycles. The fourth-order valence-corrected chi connectivity index (χ4v) is 2.15. The van der Waals surface area contributed by atoms with E-state index in [9.17, 15) is 4.39 Å². The van der Waals surface area contributed by atoms with Crippen molar-refractivity contribution < 1.29 is 9.13 Å². The average molecular weight is 361 g/mol. The minimum absolute atomic E-state index is 0.0243. The van der Waals surface area contributed by atoms with Crippen LogP contribution in [-0.4, -0.2) is 16.5 Å². The van der Waals surface area contributed by atoms with Gasteiger partial charge in [0.1, 0.15) is 11.6 Å². The van der Waals surface area contributed by atoms with Crippen LogP contribution in [0.1, 0.15) is 12.6 Å². The van der Waals surface area contributed by atoms with Gasteiger partial charge < -0.3 is 10.1 Å². The van der Waals surface area contributed by atoms with Crippen molar-refractivity contribution in [2.75, 3.05) is 6.54 Å². The minimum Gasteiger partial charge on any atom is -0.436 e. The third-order valence-electron chi connectivity index (χ3n) is 2.43. The van der Waals surface area contributed by atoms with E-state index in [0.29, 0.717) is 16.8 Å². The summed E-state index contributed by atoms with van der Waals surface area (Å²) >= 11 is 8.92. The molecule has 0 fully saturated rings. The Labute approximate surface area is 129 Å². The number of benzene rings is 1. The zero-order valence-electron chi connectivity index (χ0n) is 10.7. The molecule has 0 aliphatic rings. The second kappa shape index (κ2) is 6.97. The molecule has 0 amide bonds. The highest BCUT2D eigenvalue weighted by atomic mass is 79.9. The van der Waals surface area contributed by atoms with Crippen molar-refractivity contribution in [2.24, 2.45) is 0 Å². The van der Waals surface area contributed by atoms with E-state index in [4.69, 9.17) is 16.3 Å². The zero-order valence-corrected chi connectivity index (χ0v) is 13.0. The van der Waals surface area contributed by atoms with Gasteiger partial charge in [-0.25, -0.2) is 9.37 Å². The molecule has 1 heterocycles. The second-order valence-electron chi connectivity index (χ2n) is 3.93. The first kappa shape index (κ1) is 15.2. The van der Waals surface area contributed by atoms with E-state index in [-0.39, 0.29) is 10.9 Å². The summed E-state index contributed by atoms with van der Waals surface area (Å²) in [7, 11) is 0. The van der Waals surface area contributed by atoms with Gasteiger partial charge in [-0.1, -0.05) is 18.5 Å². The van der Waals surface area contributed by atoms with Gasteiger partial charge in [0.15, 0.2) is 0 Å². The Hall–Kier alpha value is -1.24. The van der Waals surface area contributed by atoms with Gasteiger partial charge in [-0.3, -0.25) is 4.98 Å². The first-order valence-electron chi connectivity index (χ1n) is 5.94. The number of hydrogen-bond donors (Lipinski definition) is 1. The van der Waals surface area contributed by atoms with Gasteiger partial charge in [-0.2, -0.15) is 0 Å². The van der Waals surface area contributed by atoms with Crippen molar-refractivity contribution in [3.05, 3.63) is 45.5 Å². The minimum atomic E-state index is -0.554. The molecule has 0 bridgehead atoms. The third-order valence-corrected chi connectivity index (χ3v) is 3.34. The molecular formula is C13H12BrClFN3O. The van der Waals surface area contributed by atoms with Crippen molar-refractivity contribution in [2.45, 2.75) is 13.5 Å². The number of halogens is 3. The number of nitrogens with one attached hydrogen (secondary N) is 1. The molecule has 2 aromatic rings. The molecule has 2 rings (SSSR count). The third kappa shape index (κ3) is 3.88. The molecule has 0 unspecified atom stereocenters. The van der Waals surface area contributed by atoms with Crippen LogP contribution in [-0.2, 0) is 6.54 Å². The molecule has 4 nitrogen and oxygen atoms in total. The highest BCUT2D eigenvalue weighted by Gasteiger charge is 2.09. The summed E-state index contributed by atoms with van der Waals surface area (Å²) in [6.45, 7) is 3.51. The maximum Gasteiger partial charge on any atom is 0.237 e. The monoisotopic (exact) mass is 359 g/mol. The molecule has 106 valence electrons. The van der Waals surface area contributed by atoms with Crippen LogP contribution in [0.25, 0.3) is 0 Å². The Morgan fingerprint density at radius 3 is 2.80 bits per heavy atom. The molecule has 0 aliphatic carbocycles. The fraction of sp³-hybridized carbons (Fsp3) is 0.231. The number of nitrogens with zero attached hydrogens (tertiary/aromatic N) is 2. The molecule has 0 radical (unpaired) electrons. The lowest BCUT2D eigenvalue weighted by Gasteiger charge is -2.08. The topological polar surface area (TPSA) is 47.0 Å². The van der Waals surface area contributed by atoms with Crippen LogP contribution in [0.15, 0.2) is 29.0 Å². The quantitative estimate of drug-likeness (QED) is 0.821. The van der Waals surface area contributed by atoms with Crippen LogP contribution >= 0.6 is 27.5 Å². The SMILES string of the molecule is CCNCc1cnc(Oc2cc(F)c(Cl)cc2Br)cn1. The van der Waals surface area contributed by atoms with Gasteiger partial charge in [0.05, 0.1) is 27.6 Å². The van der Waals surface area contributed by atoms with Crippen molar-refractivity contribution in [1.82, 2.24) is 15.3 Å². The van der Waals surface area contributed by atoms with Crippen molar-refractivity contribution in [3.8, 4) is 11.6 Å². The smallest absolute Gasteiger partial charge is 0.237 e. The molecule has 1 aromatic heterocycles. The number of ether oxygens (including phenoxy) is 1. The van der Waals surface area contributed by atoms with Gasteiger partial charge >= 0.3 is 0 Å². The van der Waals surface area contributed by atoms with E-state index in [1.54, 1.807) is 6.20 Å². The highest BCUT2D eigenvalue weighted by molar-refractivity contribution is 9.10. The lowest BCUT2D eigenvalue weighted by Crippen LogP contribution is -2.13. The maximum absolute atomic E-state index is 13.4. The summed E-state index contributed by atoms with van der Waals surface area (Å²) < 4.78 is 19.4. The molecule has 0 spiro atoms. The lowest BCUT2D eigenvalue weighted by atomic mass is 10.3. The molecule has 0 aliphatic heterocycles. The van der Waals surface area contributed by atoms with Crippen LogP contribution in [0.4, 0.5) is 4.39 Å². The van der Waals surface area contributed by atoms with Gasteiger partial charge in [-0.05, 0) is 28.5 Å². The summed E-state index contributed by atoms with van der Waals surface area (Å²) in [5, 5.41) is 3.17. The number of rotatable bonds is 5. The number of hydrogen-bond acceptors (Lipinski definition) is 4. The van der Waals surface area contributed by atoms with E-state index in [2.05, 4.69) is 31.2 Å². The van der Waals surface area contributed by atoms with E-state index in [0.717, 1.165) is 12.2 Å². The first-order valence-corrected chi connectivity index (χ1v) is 7.11. The van der Waals surface area contributed by atoms with Crippen LogP contribution < -0.4 is 10.1 Å². The van der Waals surface area contributed by atoms with Crippen LogP contribution in [0, 0.1) is 5.82 Å². The van der Waals surface area contributed by atoms with Crippen molar-refractivity contribution in [1.29, 1.82) is 0 Å². The first-order chi connectivity index (χ1) is 9.60. The molecule has 20 heavy (non-hydrogen) atoms. The summed E-state index contributed by atoms with van der Waals surface area (Å²) in [6.07, 6.45) is 3.10. The van der Waals surface area contributed by atoms with Crippen molar-refractivity contribution in [3.63, 3.8) is 0 Å². The standard InChI is InChI=1S/C13H12BrClFN3O/c1-2-17-5-8-6-19-13(7-18-8)20-12-4-11(16)10(15)3-9(12)14/h3-4,6-7,17H,2,5H2,1H3. The largest absolute Gasteiger partial charge is 0.436 e. The Bertz CT molecular complexity index is 595. The van der Waals surface area contributed by atoms with E-state index >= 15 is 0 Å². The van der Waals surface area contributed by atoms with Gasteiger partial charge in [0.2, 0.25) is 5.88 Å². The zero-order chi connectivity index (χ0) is 14.5. The molecule has 0 atom stereocenters. The second-order valence-corrected chi connectivity index (χ2v) is 5.19. The van der Waals surface area contributed by atoms with E-state index in [1.807, 2.05) is 6.92 Å². The fourth-order valence-electron chi connectivity index (χ4n) is 1.44. The molecule has 1 N–H and O–H groups in total. The van der Waals surface area contributed by atoms with Crippen LogP contribution in [0.3, 0.4) is 0 Å². The predicted molar refractivity (Wildman–Crippen MR) is 78.6 cm³/mol. The van der Waals surface area contributed by atoms with E-state index in [1.165, 1.54) is 18.3 Å². The van der Waals surface area contributed by atoms with E-state index < -0.39 is 5.82 Å². The Morgan fingerprint density at radius 1 is 1.35 bits per heavy atom. The van der Waals surface area contributed by atoms with Crippen molar-refractivity contribution >= 4 is 27.5 Å². The van der Waals surface area contributed by atoms with Gasteiger partial charge in [0.25, 0.3) is 0 Å². The normalized spacial score (nSPS) is 10.6. The molecule has 1 aromatic carbocycles. The average Bonchev–Trinajstić information content (AvgIpc) is 2.44. The Morgan fingerprint density at radius 2 is 2.15 bits per heavy atom. The van der Waals surface area contributed by atoms with Crippen LogP contribution in [0.2, 0.25) is 5.02 Å². The van der Waals surface area contributed by atoms with Gasteiger partial charge in [0, 0.05) is 12.6 Å². The molecule has 7 heteroatoms. The molecule has 0 saturated heterocycles. The lowest BCUT2D eigenvalue weighted by molar-refractivity contribution is 0.451. The highest BCUT2D eigenvalue weighted by Crippen LogP contribution is 2.32. The Balaban J connectivity index is 2.12. The maximum atomic E-state index is 13.4. The summed E-state index contributed by atoms with van der Waals surface area (Å²) in [6, 6.07) is 2.62.